The maximum absolute atomic E-state index is 12.1. The smallest absolute Gasteiger partial charge is 0.244 e. The summed E-state index contributed by atoms with van der Waals surface area (Å²) in [6.07, 6.45) is 2.00. The van der Waals surface area contributed by atoms with E-state index < -0.39 is 10.0 Å². The molecule has 1 rings (SSSR count). The van der Waals surface area contributed by atoms with Crippen molar-refractivity contribution in [3.05, 3.63) is 17.6 Å². The van der Waals surface area contributed by atoms with Crippen LogP contribution in [0.15, 0.2) is 15.4 Å². The molecule has 18 heavy (non-hydrogen) atoms. The lowest BCUT2D eigenvalue weighted by molar-refractivity contribution is 0.478. The van der Waals surface area contributed by atoms with Crippen LogP contribution in [0, 0.1) is 12.8 Å². The molecule has 0 aliphatic heterocycles. The van der Waals surface area contributed by atoms with Gasteiger partial charge in [-0.3, -0.25) is 0 Å². The zero-order valence-corrected chi connectivity index (χ0v) is 12.5. The maximum atomic E-state index is 12.1. The minimum absolute atomic E-state index is 0.180. The molecule has 0 aliphatic rings. The fraction of sp³-hybridized carbons (Fsp3) is 0.636. The Kier molecular flexibility index (Phi) is 5.71. The third kappa shape index (κ3) is 4.01. The second-order valence-corrected chi connectivity index (χ2v) is 6.90. The van der Waals surface area contributed by atoms with Crippen LogP contribution in [0.3, 0.4) is 0 Å². The van der Waals surface area contributed by atoms with E-state index in [-0.39, 0.29) is 17.4 Å². The predicted molar refractivity (Wildman–Crippen MR) is 74.1 cm³/mol. The molecule has 3 N–H and O–H groups in total. The van der Waals surface area contributed by atoms with Crippen LogP contribution in [0.25, 0.3) is 0 Å². The summed E-state index contributed by atoms with van der Waals surface area (Å²) in [5.41, 5.74) is 5.43. The van der Waals surface area contributed by atoms with Crippen LogP contribution in [-0.2, 0) is 16.6 Å². The number of hydrogen-bond donors (Lipinski definition) is 2. The normalized spacial score (nSPS) is 13.8. The highest BCUT2D eigenvalue weighted by molar-refractivity contribution is 7.98. The topological polar surface area (TPSA) is 85.3 Å². The minimum atomic E-state index is -3.50. The fourth-order valence-electron chi connectivity index (χ4n) is 1.56. The van der Waals surface area contributed by atoms with Gasteiger partial charge in [0.25, 0.3) is 0 Å². The van der Waals surface area contributed by atoms with E-state index in [0.717, 1.165) is 5.75 Å². The van der Waals surface area contributed by atoms with E-state index in [2.05, 4.69) is 4.72 Å². The zero-order chi connectivity index (χ0) is 13.8. The predicted octanol–water partition coefficient (Wildman–Crippen LogP) is 1.32. The molecule has 0 spiro atoms. The molecule has 0 amide bonds. The number of sulfonamides is 1. The number of aryl methyl sites for hydroxylation is 1. The summed E-state index contributed by atoms with van der Waals surface area (Å²) < 4.78 is 32.0. The number of nitrogens with two attached hydrogens (primary N) is 1. The van der Waals surface area contributed by atoms with Gasteiger partial charge in [-0.2, -0.15) is 11.8 Å². The standard InChI is InChI=1S/C11H20N2O3S2/c1-8(7-17-3)6-13-18(14,15)11-4-10(5-12)16-9(11)2/h4,8,13H,5-7,12H2,1-3H3. The molecule has 0 aromatic carbocycles. The highest BCUT2D eigenvalue weighted by Crippen LogP contribution is 2.19. The highest BCUT2D eigenvalue weighted by Gasteiger charge is 2.21. The molecule has 1 atom stereocenters. The highest BCUT2D eigenvalue weighted by atomic mass is 32.2. The summed E-state index contributed by atoms with van der Waals surface area (Å²) in [5.74, 6) is 2.06. The van der Waals surface area contributed by atoms with E-state index in [9.17, 15) is 8.42 Å². The molecule has 1 unspecified atom stereocenters. The Morgan fingerprint density at radius 2 is 2.22 bits per heavy atom. The summed E-state index contributed by atoms with van der Waals surface area (Å²) in [4.78, 5) is 0.180. The Bertz CT molecular complexity index is 482. The van der Waals surface area contributed by atoms with E-state index in [4.69, 9.17) is 10.2 Å². The van der Waals surface area contributed by atoms with Gasteiger partial charge in [-0.05, 0) is 24.9 Å². The number of thioether (sulfide) groups is 1. The van der Waals surface area contributed by atoms with E-state index in [1.165, 1.54) is 6.07 Å². The first-order chi connectivity index (χ1) is 8.40. The number of rotatable bonds is 7. The van der Waals surface area contributed by atoms with E-state index >= 15 is 0 Å². The molecular weight excluding hydrogens is 272 g/mol. The third-order valence-electron chi connectivity index (χ3n) is 2.49. The molecule has 0 fully saturated rings. The number of nitrogens with one attached hydrogen (secondary N) is 1. The number of hydrogen-bond acceptors (Lipinski definition) is 5. The van der Waals surface area contributed by atoms with Gasteiger partial charge in [0.05, 0.1) is 6.54 Å². The Hall–Kier alpha value is -0.500. The van der Waals surface area contributed by atoms with Gasteiger partial charge in [0.15, 0.2) is 0 Å². The largest absolute Gasteiger partial charge is 0.464 e. The summed E-state index contributed by atoms with van der Waals surface area (Å²) >= 11 is 1.70. The molecule has 0 saturated carbocycles. The summed E-state index contributed by atoms with van der Waals surface area (Å²) in [7, 11) is -3.50. The molecule has 1 aromatic rings. The van der Waals surface area contributed by atoms with Gasteiger partial charge in [0.2, 0.25) is 10.0 Å². The number of furan rings is 1. The van der Waals surface area contributed by atoms with Gasteiger partial charge in [-0.25, -0.2) is 13.1 Å². The Morgan fingerprint density at radius 1 is 1.56 bits per heavy atom. The second kappa shape index (κ2) is 6.60. The lowest BCUT2D eigenvalue weighted by Crippen LogP contribution is -2.29. The first-order valence-electron chi connectivity index (χ1n) is 5.68. The van der Waals surface area contributed by atoms with Crippen molar-refractivity contribution in [3.63, 3.8) is 0 Å². The molecule has 0 bridgehead atoms. The van der Waals surface area contributed by atoms with Crippen molar-refractivity contribution < 1.29 is 12.8 Å². The summed E-state index contributed by atoms with van der Waals surface area (Å²) in [6.45, 7) is 4.25. The van der Waals surface area contributed by atoms with Gasteiger partial charge in [0, 0.05) is 12.6 Å². The lowest BCUT2D eigenvalue weighted by Gasteiger charge is -2.11. The van der Waals surface area contributed by atoms with Gasteiger partial charge >= 0.3 is 0 Å². The van der Waals surface area contributed by atoms with Crippen LogP contribution in [0.4, 0.5) is 0 Å². The third-order valence-corrected chi connectivity index (χ3v) is 4.92. The Labute approximate surface area is 113 Å². The van der Waals surface area contributed by atoms with Crippen molar-refractivity contribution in [2.45, 2.75) is 25.3 Å². The van der Waals surface area contributed by atoms with Crippen molar-refractivity contribution in [1.29, 1.82) is 0 Å². The molecule has 1 aromatic heterocycles. The van der Waals surface area contributed by atoms with Gasteiger partial charge < -0.3 is 10.2 Å². The lowest BCUT2D eigenvalue weighted by atomic mass is 10.2. The van der Waals surface area contributed by atoms with Crippen LogP contribution in [0.2, 0.25) is 0 Å². The van der Waals surface area contributed by atoms with E-state index in [0.29, 0.717) is 18.1 Å². The van der Waals surface area contributed by atoms with Crippen LogP contribution in [-0.4, -0.2) is 27.0 Å². The first kappa shape index (κ1) is 15.6. The van der Waals surface area contributed by atoms with E-state index in [1.807, 2.05) is 13.2 Å². The van der Waals surface area contributed by atoms with Gasteiger partial charge in [0.1, 0.15) is 16.4 Å². The van der Waals surface area contributed by atoms with Crippen molar-refractivity contribution in [1.82, 2.24) is 4.72 Å². The fourth-order valence-corrected chi connectivity index (χ4v) is 3.62. The minimum Gasteiger partial charge on any atom is -0.464 e. The molecule has 0 radical (unpaired) electrons. The molecule has 1 heterocycles. The molecular formula is C11H20N2O3S2. The molecule has 0 saturated heterocycles. The molecule has 7 heteroatoms. The van der Waals surface area contributed by atoms with E-state index in [1.54, 1.807) is 18.7 Å². The Morgan fingerprint density at radius 3 is 2.72 bits per heavy atom. The molecule has 104 valence electrons. The van der Waals surface area contributed by atoms with Crippen LogP contribution in [0.1, 0.15) is 18.4 Å². The van der Waals surface area contributed by atoms with Crippen molar-refractivity contribution in [2.24, 2.45) is 11.7 Å². The van der Waals surface area contributed by atoms with Crippen molar-refractivity contribution >= 4 is 21.8 Å². The van der Waals surface area contributed by atoms with Crippen LogP contribution < -0.4 is 10.5 Å². The molecule has 5 nitrogen and oxygen atoms in total. The van der Waals surface area contributed by atoms with Crippen LogP contribution in [0.5, 0.6) is 0 Å². The summed E-state index contributed by atoms with van der Waals surface area (Å²) in [5, 5.41) is 0. The first-order valence-corrected chi connectivity index (χ1v) is 8.56. The maximum Gasteiger partial charge on any atom is 0.244 e. The van der Waals surface area contributed by atoms with Gasteiger partial charge in [-0.15, -0.1) is 0 Å². The average molecular weight is 292 g/mol. The molecule has 0 aliphatic carbocycles. The zero-order valence-electron chi connectivity index (χ0n) is 10.9. The van der Waals surface area contributed by atoms with Crippen LogP contribution >= 0.6 is 11.8 Å². The average Bonchev–Trinajstić information content (AvgIpc) is 2.69. The van der Waals surface area contributed by atoms with Crippen molar-refractivity contribution in [2.75, 3.05) is 18.6 Å². The Balaban J connectivity index is 2.76. The van der Waals surface area contributed by atoms with Crippen molar-refractivity contribution in [3.8, 4) is 0 Å². The van der Waals surface area contributed by atoms with Gasteiger partial charge in [-0.1, -0.05) is 6.92 Å². The summed E-state index contributed by atoms with van der Waals surface area (Å²) in [6, 6.07) is 1.48. The quantitative estimate of drug-likeness (QED) is 0.792. The SMILES string of the molecule is CSCC(C)CNS(=O)(=O)c1cc(CN)oc1C. The second-order valence-electron chi connectivity index (χ2n) is 4.25. The monoisotopic (exact) mass is 292 g/mol.